The van der Waals surface area contributed by atoms with Gasteiger partial charge in [0.1, 0.15) is 5.75 Å². The summed E-state index contributed by atoms with van der Waals surface area (Å²) in [5, 5.41) is 24.6. The molecule has 1 aliphatic heterocycles. The minimum atomic E-state index is 0.206. The van der Waals surface area contributed by atoms with E-state index in [1.165, 1.54) is 0 Å². The highest BCUT2D eigenvalue weighted by Gasteiger charge is 2.23. The molecule has 0 unspecified atom stereocenters. The van der Waals surface area contributed by atoms with Crippen molar-refractivity contribution >= 4 is 35.3 Å². The van der Waals surface area contributed by atoms with Crippen LogP contribution >= 0.6 is 0 Å². The van der Waals surface area contributed by atoms with Crippen molar-refractivity contribution in [2.75, 3.05) is 22.7 Å². The summed E-state index contributed by atoms with van der Waals surface area (Å²) >= 11 is 0. The van der Waals surface area contributed by atoms with E-state index in [2.05, 4.69) is 36.0 Å². The monoisotopic (exact) mass is 334 g/mol. The van der Waals surface area contributed by atoms with Crippen molar-refractivity contribution in [3.63, 3.8) is 0 Å². The van der Waals surface area contributed by atoms with Gasteiger partial charge in [-0.3, -0.25) is 0 Å². The number of phenols is 1. The molecule has 1 aliphatic rings. The van der Waals surface area contributed by atoms with Gasteiger partial charge in [0.25, 0.3) is 5.95 Å². The molecular weight excluding hydrogens is 320 g/mol. The number of pyridine rings is 1. The van der Waals surface area contributed by atoms with Gasteiger partial charge in [0.2, 0.25) is 0 Å². The zero-order valence-corrected chi connectivity index (χ0v) is 13.2. The highest BCUT2D eigenvalue weighted by atomic mass is 16.3. The molecule has 9 nitrogen and oxygen atoms in total. The number of nitrogens with one attached hydrogen (secondary N) is 2. The van der Waals surface area contributed by atoms with Gasteiger partial charge in [0.15, 0.2) is 17.5 Å². The molecule has 1 aromatic carbocycles. The number of hydrazone groups is 1. The summed E-state index contributed by atoms with van der Waals surface area (Å²) in [6.07, 6.45) is 3.31. The third kappa shape index (κ3) is 2.90. The smallest absolute Gasteiger partial charge is 0.265 e. The number of phenolic OH excluding ortho intramolecular Hbond substituents is 1. The van der Waals surface area contributed by atoms with Gasteiger partial charge in [-0.25, -0.2) is 10.4 Å². The van der Waals surface area contributed by atoms with Crippen LogP contribution in [-0.4, -0.2) is 38.5 Å². The van der Waals surface area contributed by atoms with E-state index >= 15 is 0 Å². The summed E-state index contributed by atoms with van der Waals surface area (Å²) in [4.78, 5) is 10.6. The maximum Gasteiger partial charge on any atom is 0.265 e. The van der Waals surface area contributed by atoms with Crippen LogP contribution in [0.15, 0.2) is 47.7 Å². The van der Waals surface area contributed by atoms with Crippen LogP contribution in [0, 0.1) is 0 Å². The Balaban J connectivity index is 1.54. The van der Waals surface area contributed by atoms with Crippen molar-refractivity contribution in [1.82, 2.24) is 20.2 Å². The Kier molecular flexibility index (Phi) is 3.58. The second kappa shape index (κ2) is 6.04. The number of rotatable bonds is 3. The molecule has 4 rings (SSSR count). The summed E-state index contributed by atoms with van der Waals surface area (Å²) in [7, 11) is 1.89. The molecule has 0 fully saturated rings. The van der Waals surface area contributed by atoms with Crippen LogP contribution in [0.25, 0.3) is 0 Å². The third-order valence-corrected chi connectivity index (χ3v) is 3.64. The lowest BCUT2D eigenvalue weighted by molar-refractivity contribution is 0.475. The molecular formula is C16H14N8O. The van der Waals surface area contributed by atoms with Crippen molar-refractivity contribution in [2.24, 2.45) is 5.10 Å². The molecule has 0 radical (unpaired) electrons. The van der Waals surface area contributed by atoms with Crippen LogP contribution < -0.4 is 15.6 Å². The molecule has 3 heterocycles. The highest BCUT2D eigenvalue weighted by molar-refractivity contribution is 5.85. The Bertz CT molecular complexity index is 941. The molecule has 25 heavy (non-hydrogen) atoms. The quantitative estimate of drug-likeness (QED) is 0.494. The lowest BCUT2D eigenvalue weighted by Gasteiger charge is -2.27. The molecule has 3 N–H and O–H groups in total. The van der Waals surface area contributed by atoms with Gasteiger partial charge in [-0.15, -0.1) is 10.2 Å². The van der Waals surface area contributed by atoms with Gasteiger partial charge in [0.05, 0.1) is 11.9 Å². The number of fused-ring (bicyclic) bond motifs is 2. The van der Waals surface area contributed by atoms with Crippen molar-refractivity contribution in [2.45, 2.75) is 0 Å². The van der Waals surface area contributed by atoms with Gasteiger partial charge in [0, 0.05) is 13.2 Å². The van der Waals surface area contributed by atoms with Crippen LogP contribution in [0.2, 0.25) is 0 Å². The Morgan fingerprint density at radius 1 is 1.16 bits per heavy atom. The largest absolute Gasteiger partial charge is 0.508 e. The summed E-state index contributed by atoms with van der Waals surface area (Å²) in [6.45, 7) is 0. The summed E-state index contributed by atoms with van der Waals surface area (Å²) in [6, 6.07) is 10.5. The van der Waals surface area contributed by atoms with Crippen molar-refractivity contribution in [1.29, 1.82) is 0 Å². The number of nitrogens with zero attached hydrogens (tertiary/aromatic N) is 6. The molecule has 2 aromatic heterocycles. The van der Waals surface area contributed by atoms with E-state index in [1.807, 2.05) is 24.1 Å². The summed E-state index contributed by atoms with van der Waals surface area (Å²) < 4.78 is 0. The lowest BCUT2D eigenvalue weighted by atomic mass is 10.2. The average molecular weight is 334 g/mol. The first-order valence-corrected chi connectivity index (χ1v) is 7.49. The lowest BCUT2D eigenvalue weighted by Crippen LogP contribution is -2.21. The molecule has 3 aromatic rings. The fourth-order valence-electron chi connectivity index (χ4n) is 2.39. The van der Waals surface area contributed by atoms with E-state index in [9.17, 15) is 5.11 Å². The number of benzene rings is 1. The van der Waals surface area contributed by atoms with Crippen molar-refractivity contribution in [3.05, 3.63) is 48.2 Å². The maximum atomic E-state index is 9.26. The third-order valence-electron chi connectivity index (χ3n) is 3.64. The first-order chi connectivity index (χ1) is 12.2. The van der Waals surface area contributed by atoms with E-state index in [-0.39, 0.29) is 11.7 Å². The Labute approximate surface area is 143 Å². The molecule has 0 amide bonds. The maximum absolute atomic E-state index is 9.26. The average Bonchev–Trinajstić information content (AvgIpc) is 2.64. The molecule has 124 valence electrons. The van der Waals surface area contributed by atoms with Gasteiger partial charge in [-0.1, -0.05) is 0 Å². The van der Waals surface area contributed by atoms with E-state index in [0.29, 0.717) is 17.5 Å². The molecule has 0 saturated heterocycles. The SMILES string of the molecule is CN1c2cccnc2Nc2nnc(NN=Cc3ccc(O)cc3)nc21. The number of hydrogen-bond donors (Lipinski definition) is 3. The van der Waals surface area contributed by atoms with Crippen molar-refractivity contribution < 1.29 is 5.11 Å². The van der Waals surface area contributed by atoms with E-state index in [0.717, 1.165) is 11.3 Å². The van der Waals surface area contributed by atoms with Gasteiger partial charge >= 0.3 is 0 Å². The van der Waals surface area contributed by atoms with Crippen LogP contribution in [-0.2, 0) is 0 Å². The second-order valence-corrected chi connectivity index (χ2v) is 5.32. The number of hydrogen-bond acceptors (Lipinski definition) is 9. The number of anilines is 5. The molecule has 0 saturated carbocycles. The van der Waals surface area contributed by atoms with E-state index in [1.54, 1.807) is 36.7 Å². The molecule has 0 bridgehead atoms. The minimum Gasteiger partial charge on any atom is -0.508 e. The molecule has 0 spiro atoms. The van der Waals surface area contributed by atoms with Gasteiger partial charge in [-0.05, 0) is 42.0 Å². The van der Waals surface area contributed by atoms with Crippen LogP contribution in [0.3, 0.4) is 0 Å². The number of aromatic hydroxyl groups is 1. The molecule has 0 aliphatic carbocycles. The van der Waals surface area contributed by atoms with Crippen LogP contribution in [0.5, 0.6) is 5.75 Å². The zero-order chi connectivity index (χ0) is 17.2. The minimum absolute atomic E-state index is 0.206. The summed E-state index contributed by atoms with van der Waals surface area (Å²) in [5.74, 6) is 2.34. The van der Waals surface area contributed by atoms with Gasteiger partial charge < -0.3 is 15.3 Å². The first kappa shape index (κ1) is 14.8. The fourth-order valence-corrected chi connectivity index (χ4v) is 2.39. The Morgan fingerprint density at radius 2 is 2.00 bits per heavy atom. The Hall–Kier alpha value is -3.75. The van der Waals surface area contributed by atoms with Gasteiger partial charge in [-0.2, -0.15) is 10.1 Å². The predicted octanol–water partition coefficient (Wildman–Crippen LogP) is 2.24. The second-order valence-electron chi connectivity index (χ2n) is 5.32. The molecule has 0 atom stereocenters. The predicted molar refractivity (Wildman–Crippen MR) is 94.7 cm³/mol. The Morgan fingerprint density at radius 3 is 2.84 bits per heavy atom. The topological polar surface area (TPSA) is 111 Å². The standard InChI is InChI=1S/C16H14N8O/c1-24-12-3-2-8-17-13(12)19-14-15(24)20-16(23-21-14)22-18-9-10-4-6-11(25)7-5-10/h2-9,25H,1H3,(H,17,19,21)(H,20,22,23). The van der Waals surface area contributed by atoms with Crippen molar-refractivity contribution in [3.8, 4) is 5.75 Å². The summed E-state index contributed by atoms with van der Waals surface area (Å²) in [5.41, 5.74) is 4.48. The fraction of sp³-hybridized carbons (Fsp3) is 0.0625. The van der Waals surface area contributed by atoms with E-state index < -0.39 is 0 Å². The van der Waals surface area contributed by atoms with Crippen LogP contribution in [0.1, 0.15) is 5.56 Å². The number of aromatic nitrogens is 4. The normalized spacial score (nSPS) is 12.4. The van der Waals surface area contributed by atoms with Crippen LogP contribution in [0.4, 0.5) is 29.1 Å². The highest BCUT2D eigenvalue weighted by Crippen LogP contribution is 2.38. The first-order valence-electron chi connectivity index (χ1n) is 7.49. The zero-order valence-electron chi connectivity index (χ0n) is 13.2. The molecule has 9 heteroatoms. The van der Waals surface area contributed by atoms with E-state index in [4.69, 9.17) is 0 Å².